The predicted molar refractivity (Wildman–Crippen MR) is 62.9 cm³/mol. The molecule has 2 saturated carbocycles. The van der Waals surface area contributed by atoms with Gasteiger partial charge in [-0.1, -0.05) is 20.3 Å². The number of hydrogen-bond acceptors (Lipinski definition) is 2. The lowest BCUT2D eigenvalue weighted by Gasteiger charge is -2.38. The first kappa shape index (κ1) is 11.4. The molecule has 0 aromatic heterocycles. The SMILES string of the molecule is CCC1CCC(NC2CC(OC)C2)C1C. The number of hydrogen-bond donors (Lipinski definition) is 1. The van der Waals surface area contributed by atoms with Gasteiger partial charge >= 0.3 is 0 Å². The van der Waals surface area contributed by atoms with E-state index < -0.39 is 0 Å². The Balaban J connectivity index is 1.72. The Morgan fingerprint density at radius 2 is 2.00 bits per heavy atom. The van der Waals surface area contributed by atoms with E-state index >= 15 is 0 Å². The minimum absolute atomic E-state index is 0.529. The highest BCUT2D eigenvalue weighted by Gasteiger charge is 2.36. The molecule has 0 aliphatic heterocycles. The van der Waals surface area contributed by atoms with Crippen molar-refractivity contribution in [1.82, 2.24) is 5.32 Å². The van der Waals surface area contributed by atoms with E-state index in [1.54, 1.807) is 0 Å². The molecule has 2 fully saturated rings. The van der Waals surface area contributed by atoms with Crippen LogP contribution < -0.4 is 5.32 Å². The lowest BCUT2D eigenvalue weighted by molar-refractivity contribution is 0.0126. The maximum atomic E-state index is 5.31. The summed E-state index contributed by atoms with van der Waals surface area (Å²) < 4.78 is 5.31. The van der Waals surface area contributed by atoms with Gasteiger partial charge in [0.05, 0.1) is 6.10 Å². The van der Waals surface area contributed by atoms with Crippen LogP contribution in [-0.2, 0) is 4.74 Å². The second kappa shape index (κ2) is 4.84. The lowest BCUT2D eigenvalue weighted by atomic mass is 9.87. The third-order valence-electron chi connectivity index (χ3n) is 4.63. The van der Waals surface area contributed by atoms with Crippen LogP contribution in [-0.4, -0.2) is 25.3 Å². The van der Waals surface area contributed by atoms with E-state index in [1.807, 2.05) is 7.11 Å². The van der Waals surface area contributed by atoms with E-state index in [1.165, 1.54) is 32.1 Å². The van der Waals surface area contributed by atoms with Crippen LogP contribution in [0, 0.1) is 11.8 Å². The fourth-order valence-corrected chi connectivity index (χ4v) is 3.26. The molecule has 3 atom stereocenters. The molecule has 15 heavy (non-hydrogen) atoms. The van der Waals surface area contributed by atoms with Gasteiger partial charge in [0.25, 0.3) is 0 Å². The first-order valence-corrected chi connectivity index (χ1v) is 6.53. The van der Waals surface area contributed by atoms with Crippen molar-refractivity contribution >= 4 is 0 Å². The van der Waals surface area contributed by atoms with Gasteiger partial charge in [-0.3, -0.25) is 0 Å². The number of nitrogens with one attached hydrogen (secondary N) is 1. The topological polar surface area (TPSA) is 21.3 Å². The molecule has 3 unspecified atom stereocenters. The maximum absolute atomic E-state index is 5.31. The van der Waals surface area contributed by atoms with E-state index in [9.17, 15) is 0 Å². The molecule has 88 valence electrons. The highest BCUT2D eigenvalue weighted by atomic mass is 16.5. The Hall–Kier alpha value is -0.0800. The average Bonchev–Trinajstić information content (AvgIpc) is 2.52. The standard InChI is InChI=1S/C13H25NO/c1-4-10-5-6-13(9(10)2)14-11-7-12(8-11)15-3/h9-14H,4-8H2,1-3H3. The zero-order chi connectivity index (χ0) is 10.8. The molecule has 2 aliphatic rings. The molecule has 0 radical (unpaired) electrons. The molecule has 0 saturated heterocycles. The van der Waals surface area contributed by atoms with Crippen molar-refractivity contribution in [2.75, 3.05) is 7.11 Å². The first-order valence-electron chi connectivity index (χ1n) is 6.53. The van der Waals surface area contributed by atoms with Gasteiger partial charge in [-0.25, -0.2) is 0 Å². The minimum atomic E-state index is 0.529. The molecule has 0 spiro atoms. The van der Waals surface area contributed by atoms with E-state index in [0.717, 1.165) is 23.9 Å². The van der Waals surface area contributed by atoms with Crippen molar-refractivity contribution in [3.8, 4) is 0 Å². The van der Waals surface area contributed by atoms with Crippen LogP contribution in [0.15, 0.2) is 0 Å². The van der Waals surface area contributed by atoms with Crippen molar-refractivity contribution in [3.05, 3.63) is 0 Å². The molecule has 0 amide bonds. The highest BCUT2D eigenvalue weighted by Crippen LogP contribution is 2.35. The molecule has 2 rings (SSSR count). The van der Waals surface area contributed by atoms with Gasteiger partial charge in [-0.05, 0) is 37.5 Å². The van der Waals surface area contributed by atoms with Gasteiger partial charge < -0.3 is 10.1 Å². The molecule has 0 aromatic rings. The van der Waals surface area contributed by atoms with Crippen LogP contribution in [0.3, 0.4) is 0 Å². The van der Waals surface area contributed by atoms with Gasteiger partial charge in [0, 0.05) is 19.2 Å². The fraction of sp³-hybridized carbons (Fsp3) is 1.00. The van der Waals surface area contributed by atoms with Crippen molar-refractivity contribution in [1.29, 1.82) is 0 Å². The second-order valence-corrected chi connectivity index (χ2v) is 5.40. The van der Waals surface area contributed by atoms with Crippen molar-refractivity contribution in [3.63, 3.8) is 0 Å². The van der Waals surface area contributed by atoms with Crippen molar-refractivity contribution in [2.24, 2.45) is 11.8 Å². The van der Waals surface area contributed by atoms with Crippen LogP contribution in [0.1, 0.15) is 46.0 Å². The fourth-order valence-electron chi connectivity index (χ4n) is 3.26. The number of methoxy groups -OCH3 is 1. The second-order valence-electron chi connectivity index (χ2n) is 5.40. The van der Waals surface area contributed by atoms with Gasteiger partial charge in [0.15, 0.2) is 0 Å². The Bertz CT molecular complexity index is 201. The van der Waals surface area contributed by atoms with E-state index in [4.69, 9.17) is 4.74 Å². The quantitative estimate of drug-likeness (QED) is 0.771. The largest absolute Gasteiger partial charge is 0.381 e. The Labute approximate surface area is 93.8 Å². The van der Waals surface area contributed by atoms with Crippen LogP contribution in [0.5, 0.6) is 0 Å². The molecule has 2 nitrogen and oxygen atoms in total. The number of rotatable bonds is 4. The normalized spacial score (nSPS) is 45.4. The lowest BCUT2D eigenvalue weighted by Crippen LogP contribution is -2.50. The summed E-state index contributed by atoms with van der Waals surface area (Å²) in [5.74, 6) is 1.83. The smallest absolute Gasteiger partial charge is 0.0601 e. The van der Waals surface area contributed by atoms with Crippen LogP contribution >= 0.6 is 0 Å². The van der Waals surface area contributed by atoms with Gasteiger partial charge in [0.2, 0.25) is 0 Å². The van der Waals surface area contributed by atoms with Gasteiger partial charge in [0.1, 0.15) is 0 Å². The molecule has 1 N–H and O–H groups in total. The zero-order valence-electron chi connectivity index (χ0n) is 10.3. The molecule has 0 bridgehead atoms. The third kappa shape index (κ3) is 2.36. The van der Waals surface area contributed by atoms with Gasteiger partial charge in [-0.2, -0.15) is 0 Å². The van der Waals surface area contributed by atoms with Crippen LogP contribution in [0.2, 0.25) is 0 Å². The molecule has 0 heterocycles. The monoisotopic (exact) mass is 211 g/mol. The maximum Gasteiger partial charge on any atom is 0.0601 e. The minimum Gasteiger partial charge on any atom is -0.381 e. The summed E-state index contributed by atoms with van der Waals surface area (Å²) in [6, 6.07) is 1.51. The Kier molecular flexibility index (Phi) is 3.68. The third-order valence-corrected chi connectivity index (χ3v) is 4.63. The predicted octanol–water partition coefficient (Wildman–Crippen LogP) is 2.58. The Morgan fingerprint density at radius 1 is 1.27 bits per heavy atom. The van der Waals surface area contributed by atoms with E-state index in [2.05, 4.69) is 19.2 Å². The summed E-state index contributed by atoms with van der Waals surface area (Å²) in [5, 5.41) is 3.81. The molecule has 0 aromatic carbocycles. The van der Waals surface area contributed by atoms with E-state index in [-0.39, 0.29) is 0 Å². The zero-order valence-corrected chi connectivity index (χ0v) is 10.3. The van der Waals surface area contributed by atoms with Crippen LogP contribution in [0.4, 0.5) is 0 Å². The van der Waals surface area contributed by atoms with Crippen molar-refractivity contribution in [2.45, 2.75) is 64.1 Å². The van der Waals surface area contributed by atoms with Crippen LogP contribution in [0.25, 0.3) is 0 Å². The van der Waals surface area contributed by atoms with E-state index in [0.29, 0.717) is 6.10 Å². The highest BCUT2D eigenvalue weighted by molar-refractivity contribution is 4.93. The summed E-state index contributed by atoms with van der Waals surface area (Å²) in [6.07, 6.45) is 7.13. The summed E-state index contributed by atoms with van der Waals surface area (Å²) in [5.41, 5.74) is 0. The molecule has 2 aliphatic carbocycles. The summed E-state index contributed by atoms with van der Waals surface area (Å²) in [6.45, 7) is 4.75. The summed E-state index contributed by atoms with van der Waals surface area (Å²) in [7, 11) is 1.83. The molecular formula is C13H25NO. The van der Waals surface area contributed by atoms with Crippen molar-refractivity contribution < 1.29 is 4.74 Å². The molecular weight excluding hydrogens is 186 g/mol. The average molecular weight is 211 g/mol. The summed E-state index contributed by atoms with van der Waals surface area (Å²) in [4.78, 5) is 0. The summed E-state index contributed by atoms with van der Waals surface area (Å²) >= 11 is 0. The Morgan fingerprint density at radius 3 is 2.53 bits per heavy atom. The number of ether oxygens (including phenoxy) is 1. The molecule has 2 heteroatoms. The van der Waals surface area contributed by atoms with Gasteiger partial charge in [-0.15, -0.1) is 0 Å². The first-order chi connectivity index (χ1) is 7.24.